The quantitative estimate of drug-likeness (QED) is 0.557. The molecule has 2 aromatic rings. The molecule has 2 aromatic carbocycles. The van der Waals surface area contributed by atoms with Crippen LogP contribution < -0.4 is 15.2 Å². The minimum absolute atomic E-state index is 0.0401. The van der Waals surface area contributed by atoms with E-state index in [-0.39, 0.29) is 12.4 Å². The van der Waals surface area contributed by atoms with Crippen molar-refractivity contribution in [1.82, 2.24) is 4.90 Å². The second-order valence-electron chi connectivity index (χ2n) is 7.94. The highest BCUT2D eigenvalue weighted by atomic mass is 79.9. The van der Waals surface area contributed by atoms with Gasteiger partial charge in [0.15, 0.2) is 17.3 Å². The third-order valence-corrected chi connectivity index (χ3v) is 7.16. The molecule has 6 nitrogen and oxygen atoms in total. The number of nitrogens with zero attached hydrogens (tertiary/aromatic N) is 2. The van der Waals surface area contributed by atoms with Gasteiger partial charge in [0.2, 0.25) is 0 Å². The molecule has 0 bridgehead atoms. The molecule has 2 aliphatic rings. The molecule has 0 saturated heterocycles. The summed E-state index contributed by atoms with van der Waals surface area (Å²) in [5.74, 6) is 0.829. The molecule has 1 aliphatic carbocycles. The molecule has 0 amide bonds. The van der Waals surface area contributed by atoms with Gasteiger partial charge in [-0.25, -0.2) is 0 Å². The summed E-state index contributed by atoms with van der Waals surface area (Å²) in [7, 11) is 3.36. The number of allylic oxidation sites excluding steroid dienone is 3. The van der Waals surface area contributed by atoms with Crippen LogP contribution in [0.4, 0.5) is 0 Å². The van der Waals surface area contributed by atoms with Crippen molar-refractivity contribution in [3.05, 3.63) is 79.7 Å². The van der Waals surface area contributed by atoms with Crippen LogP contribution in [0.25, 0.3) is 0 Å². The lowest BCUT2D eigenvalue weighted by Crippen LogP contribution is -2.36. The van der Waals surface area contributed by atoms with E-state index < -0.39 is 5.92 Å². The number of methoxy groups -OCH3 is 1. The Morgan fingerprint density at radius 2 is 2.03 bits per heavy atom. The predicted molar refractivity (Wildman–Crippen MR) is 130 cm³/mol. The molecule has 0 fully saturated rings. The zero-order valence-electron chi connectivity index (χ0n) is 18.3. The van der Waals surface area contributed by atoms with E-state index in [1.54, 1.807) is 31.2 Å². The number of benzene rings is 2. The van der Waals surface area contributed by atoms with E-state index in [0.717, 1.165) is 29.7 Å². The van der Waals surface area contributed by atoms with Gasteiger partial charge in [-0.2, -0.15) is 5.26 Å². The van der Waals surface area contributed by atoms with E-state index in [9.17, 15) is 10.1 Å². The van der Waals surface area contributed by atoms with Crippen LogP contribution in [-0.4, -0.2) is 24.8 Å². The number of Topliss-reactive ketones (excluding diaryl/α,β-unsaturated/α-hetero) is 1. The van der Waals surface area contributed by atoms with Gasteiger partial charge in [-0.1, -0.05) is 45.7 Å². The first-order chi connectivity index (χ1) is 15.9. The maximum absolute atomic E-state index is 13.0. The van der Waals surface area contributed by atoms with Crippen molar-refractivity contribution >= 4 is 33.3 Å². The zero-order valence-corrected chi connectivity index (χ0v) is 20.7. The van der Waals surface area contributed by atoms with E-state index in [1.807, 2.05) is 24.3 Å². The molecule has 0 aromatic heterocycles. The van der Waals surface area contributed by atoms with E-state index in [1.165, 1.54) is 0 Å². The number of carbonyl (C=O) groups excluding carboxylic acids is 1. The van der Waals surface area contributed by atoms with Crippen LogP contribution >= 0.6 is 27.5 Å². The van der Waals surface area contributed by atoms with Gasteiger partial charge >= 0.3 is 0 Å². The summed E-state index contributed by atoms with van der Waals surface area (Å²) in [6, 6.07) is 13.3. The summed E-state index contributed by atoms with van der Waals surface area (Å²) in [5, 5.41) is 10.6. The van der Waals surface area contributed by atoms with Gasteiger partial charge in [0.05, 0.1) is 24.7 Å². The van der Waals surface area contributed by atoms with Crippen molar-refractivity contribution in [2.24, 2.45) is 5.73 Å². The first kappa shape index (κ1) is 23.2. The van der Waals surface area contributed by atoms with Crippen LogP contribution in [0, 0.1) is 11.3 Å². The zero-order chi connectivity index (χ0) is 23.7. The Morgan fingerprint density at radius 1 is 1.27 bits per heavy atom. The fourth-order valence-corrected chi connectivity index (χ4v) is 5.13. The first-order valence-corrected chi connectivity index (χ1v) is 11.7. The lowest BCUT2D eigenvalue weighted by Gasteiger charge is -2.38. The van der Waals surface area contributed by atoms with Crippen molar-refractivity contribution < 1.29 is 14.3 Å². The SMILES string of the molecule is COc1cc([C@H]2C(C#N)=C(N)N(C)C3=C2C(=O)CCC3)c(Br)cc1OCc1ccccc1Cl. The number of nitrogens with two attached hydrogens (primary N) is 1. The summed E-state index contributed by atoms with van der Waals surface area (Å²) in [5.41, 5.74) is 9.77. The van der Waals surface area contributed by atoms with Gasteiger partial charge in [0, 0.05) is 39.8 Å². The number of ketones is 1. The molecule has 4 rings (SSSR count). The fraction of sp³-hybridized carbons (Fsp3) is 0.280. The Bertz CT molecular complexity index is 1230. The Hall–Kier alpha value is -2.95. The summed E-state index contributed by atoms with van der Waals surface area (Å²) < 4.78 is 12.3. The molecule has 1 aliphatic heterocycles. The lowest BCUT2D eigenvalue weighted by molar-refractivity contribution is -0.116. The Labute approximate surface area is 206 Å². The van der Waals surface area contributed by atoms with E-state index in [4.69, 9.17) is 26.8 Å². The van der Waals surface area contributed by atoms with Crippen molar-refractivity contribution in [3.8, 4) is 17.6 Å². The number of hydrogen-bond acceptors (Lipinski definition) is 6. The number of hydrogen-bond donors (Lipinski definition) is 1. The smallest absolute Gasteiger partial charge is 0.162 e. The van der Waals surface area contributed by atoms with Gasteiger partial charge in [-0.3, -0.25) is 4.79 Å². The monoisotopic (exact) mass is 527 g/mol. The second kappa shape index (κ2) is 9.50. The van der Waals surface area contributed by atoms with Crippen LogP contribution in [0.2, 0.25) is 5.02 Å². The van der Waals surface area contributed by atoms with Crippen molar-refractivity contribution in [2.75, 3.05) is 14.2 Å². The molecule has 0 radical (unpaired) electrons. The number of carbonyl (C=O) groups is 1. The Kier molecular flexibility index (Phi) is 6.68. The molecule has 0 saturated carbocycles. The molecule has 33 heavy (non-hydrogen) atoms. The molecule has 1 heterocycles. The third kappa shape index (κ3) is 4.21. The number of rotatable bonds is 5. The highest BCUT2D eigenvalue weighted by molar-refractivity contribution is 9.10. The highest BCUT2D eigenvalue weighted by Crippen LogP contribution is 2.48. The lowest BCUT2D eigenvalue weighted by atomic mass is 9.76. The second-order valence-corrected chi connectivity index (χ2v) is 9.21. The minimum atomic E-state index is -0.574. The van der Waals surface area contributed by atoms with Crippen molar-refractivity contribution in [3.63, 3.8) is 0 Å². The van der Waals surface area contributed by atoms with Gasteiger partial charge in [0.1, 0.15) is 12.4 Å². The van der Waals surface area contributed by atoms with Crippen LogP contribution in [0.5, 0.6) is 11.5 Å². The molecule has 170 valence electrons. The minimum Gasteiger partial charge on any atom is -0.493 e. The van der Waals surface area contributed by atoms with E-state index in [0.29, 0.717) is 44.4 Å². The predicted octanol–water partition coefficient (Wildman–Crippen LogP) is 5.42. The molecule has 0 unspecified atom stereocenters. The molecule has 1 atom stereocenters. The first-order valence-electron chi connectivity index (χ1n) is 10.5. The third-order valence-electron chi connectivity index (χ3n) is 6.10. The average Bonchev–Trinajstić information content (AvgIpc) is 2.81. The summed E-state index contributed by atoms with van der Waals surface area (Å²) in [6.07, 6.45) is 1.96. The summed E-state index contributed by atoms with van der Waals surface area (Å²) in [6.45, 7) is 0.264. The fourth-order valence-electron chi connectivity index (χ4n) is 4.39. The number of ether oxygens (including phenoxy) is 2. The largest absolute Gasteiger partial charge is 0.493 e. The number of nitriles is 1. The maximum Gasteiger partial charge on any atom is 0.162 e. The summed E-state index contributed by atoms with van der Waals surface area (Å²) >= 11 is 9.88. The maximum atomic E-state index is 13.0. The van der Waals surface area contributed by atoms with Crippen LogP contribution in [-0.2, 0) is 11.4 Å². The van der Waals surface area contributed by atoms with Gasteiger partial charge in [0.25, 0.3) is 0 Å². The molecule has 8 heteroatoms. The van der Waals surface area contributed by atoms with Gasteiger partial charge < -0.3 is 20.1 Å². The van der Waals surface area contributed by atoms with E-state index >= 15 is 0 Å². The van der Waals surface area contributed by atoms with Crippen molar-refractivity contribution in [1.29, 1.82) is 5.26 Å². The van der Waals surface area contributed by atoms with E-state index in [2.05, 4.69) is 22.0 Å². The Morgan fingerprint density at radius 3 is 2.73 bits per heavy atom. The molecule has 0 spiro atoms. The summed E-state index contributed by atoms with van der Waals surface area (Å²) in [4.78, 5) is 14.8. The van der Waals surface area contributed by atoms with Crippen LogP contribution in [0.3, 0.4) is 0 Å². The van der Waals surface area contributed by atoms with Crippen LogP contribution in [0.15, 0.2) is 63.5 Å². The normalized spacial score (nSPS) is 18.2. The molecular weight excluding hydrogens is 506 g/mol. The molecule has 2 N–H and O–H groups in total. The highest BCUT2D eigenvalue weighted by Gasteiger charge is 2.39. The average molecular weight is 529 g/mol. The van der Waals surface area contributed by atoms with Crippen LogP contribution in [0.1, 0.15) is 36.3 Å². The topological polar surface area (TPSA) is 88.6 Å². The van der Waals surface area contributed by atoms with Gasteiger partial charge in [-0.15, -0.1) is 0 Å². The van der Waals surface area contributed by atoms with Gasteiger partial charge in [-0.05, 0) is 36.6 Å². The number of halogens is 2. The van der Waals surface area contributed by atoms with Crippen molar-refractivity contribution in [2.45, 2.75) is 31.8 Å². The standard InChI is InChI=1S/C25H23BrClN3O3/c1-30-19-8-5-9-20(31)24(19)23(16(12-28)25(30)29)15-10-21(32-2)22(11-17(15)26)33-13-14-6-3-4-7-18(14)27/h3-4,6-7,10-11,23H,5,8-9,13,29H2,1-2H3/t23-/m0/s1. The Balaban J connectivity index is 1.78. The molecular formula is C25H23BrClN3O3.